The van der Waals surface area contributed by atoms with Crippen molar-refractivity contribution in [2.45, 2.75) is 267 Å². The molecular weight excluding hydrogens is 1030 g/mol. The van der Waals surface area contributed by atoms with E-state index >= 15 is 0 Å². The molecule has 8 rings (SSSR count). The normalized spacial score (nSPS) is 51.4. The highest BCUT2D eigenvalue weighted by atomic mass is 16.8. The van der Waals surface area contributed by atoms with Gasteiger partial charge < -0.3 is 114 Å². The van der Waals surface area contributed by atoms with E-state index in [4.69, 9.17) is 37.9 Å². The third-order valence-electron chi connectivity index (χ3n) is 21.0. The zero-order valence-electron chi connectivity index (χ0n) is 46.6. The van der Waals surface area contributed by atoms with Crippen LogP contribution in [0.25, 0.3) is 0 Å². The van der Waals surface area contributed by atoms with Crippen LogP contribution < -0.4 is 0 Å². The lowest BCUT2D eigenvalue weighted by Crippen LogP contribution is -2.66. The van der Waals surface area contributed by atoms with E-state index in [0.717, 1.165) is 19.3 Å². The van der Waals surface area contributed by atoms with E-state index in [-0.39, 0.29) is 40.9 Å². The Morgan fingerprint density at radius 1 is 0.590 bits per heavy atom. The number of aliphatic hydroxyl groups is 15. The van der Waals surface area contributed by atoms with Crippen LogP contribution in [-0.2, 0) is 37.9 Å². The van der Waals surface area contributed by atoms with Crippen LogP contribution in [0.15, 0.2) is 11.6 Å². The molecule has 23 nitrogen and oxygen atoms in total. The van der Waals surface area contributed by atoms with Crippen molar-refractivity contribution in [3.05, 3.63) is 11.6 Å². The van der Waals surface area contributed by atoms with Crippen LogP contribution in [0.5, 0.6) is 0 Å². The van der Waals surface area contributed by atoms with E-state index in [1.807, 2.05) is 0 Å². The summed E-state index contributed by atoms with van der Waals surface area (Å²) < 4.78 is 48.2. The highest BCUT2D eigenvalue weighted by molar-refractivity contribution is 5.32. The molecule has 15 N–H and O–H groups in total. The second-order valence-electron chi connectivity index (χ2n) is 26.1. The van der Waals surface area contributed by atoms with Crippen molar-refractivity contribution in [2.75, 3.05) is 19.8 Å². The average Bonchev–Trinajstić information content (AvgIpc) is 2.49. The van der Waals surface area contributed by atoms with Gasteiger partial charge in [-0.1, -0.05) is 60.1 Å². The molecule has 0 aromatic rings. The summed E-state index contributed by atoms with van der Waals surface area (Å²) in [6.07, 6.45) is -25.7. The fourth-order valence-electron chi connectivity index (χ4n) is 15.9. The topological polar surface area (TPSA) is 377 Å². The number of fused-ring (bicyclic) bond motifs is 5. The molecule has 30 atom stereocenters. The van der Waals surface area contributed by atoms with Crippen LogP contribution in [-0.4, -0.2) is 243 Å². The predicted octanol–water partition coefficient (Wildman–Crippen LogP) is -1.81. The van der Waals surface area contributed by atoms with Crippen molar-refractivity contribution in [1.82, 2.24) is 0 Å². The summed E-state index contributed by atoms with van der Waals surface area (Å²) in [5.41, 5.74) is -1.81. The highest BCUT2D eigenvalue weighted by Gasteiger charge is 2.70. The third kappa shape index (κ3) is 10.9. The average molecular weight is 1120 g/mol. The molecule has 8 aliphatic rings. The van der Waals surface area contributed by atoms with Gasteiger partial charge in [0.2, 0.25) is 0 Å². The second kappa shape index (κ2) is 23.7. The Labute approximate surface area is 457 Å². The lowest BCUT2D eigenvalue weighted by molar-refractivity contribution is -0.388. The largest absolute Gasteiger partial charge is 0.394 e. The lowest BCUT2D eigenvalue weighted by Gasteiger charge is -2.67. The third-order valence-corrected chi connectivity index (χ3v) is 21.0. The molecule has 78 heavy (non-hydrogen) atoms. The lowest BCUT2D eigenvalue weighted by atomic mass is 9.38. The molecule has 0 aromatic heterocycles. The minimum absolute atomic E-state index is 0.0327. The van der Waals surface area contributed by atoms with Crippen LogP contribution in [0.3, 0.4) is 0 Å². The molecule has 4 heterocycles. The number of rotatable bonds is 17. The van der Waals surface area contributed by atoms with Crippen LogP contribution in [0, 0.1) is 45.3 Å². The monoisotopic (exact) mass is 1120 g/mol. The molecule has 0 amide bonds. The maximum atomic E-state index is 12.7. The molecule has 0 aromatic carbocycles. The van der Waals surface area contributed by atoms with Gasteiger partial charge in [0.05, 0.1) is 49.8 Å². The Balaban J connectivity index is 0.951. The standard InChI is InChI=1S/C55H94O23/c1-10-27-35(60)40(65)46(78-49-44(69)41(66)45(30(22-58)74-49)77-48-43(68)39(64)37(62)29(21-57)73-48)50(71-27)76-34(52(5,6)70)15-11-23(2)24-17-18-53(7)31-14-12-25-26(55(31,9)32(59)19-54(24,53)8)13-16-33(51(25,3)4)75-47-42(67)38(63)36(61)28(20-56)72-47/h12,23-24,26-50,56-70H,10-11,13-22H2,1-9H3/t23-,24?,26?,27-,28-,29-,30-,31?,32-,33+,34-,35-,36-,37-,38+,39+,40+,41-,42-,43-,44-,45-,46-,47+,48+,49+,50+,53+,54-,55+/m1/s1. The number of ether oxygens (including phenoxy) is 8. The number of allylic oxidation sites excluding steroid dienone is 1. The van der Waals surface area contributed by atoms with Crippen molar-refractivity contribution in [3.63, 3.8) is 0 Å². The Hall–Kier alpha value is -1.18. The van der Waals surface area contributed by atoms with E-state index < -0.39 is 177 Å². The van der Waals surface area contributed by atoms with Gasteiger partial charge in [0, 0.05) is 10.8 Å². The molecule has 4 saturated heterocycles. The first kappa shape index (κ1) is 62.9. The Morgan fingerprint density at radius 3 is 1.64 bits per heavy atom. The number of aliphatic hydroxyl groups excluding tert-OH is 14. The van der Waals surface area contributed by atoms with Gasteiger partial charge in [-0.15, -0.1) is 0 Å². The quantitative estimate of drug-likeness (QED) is 0.0714. The molecule has 0 spiro atoms. The van der Waals surface area contributed by atoms with E-state index in [1.54, 1.807) is 20.8 Å². The molecule has 0 radical (unpaired) electrons. The zero-order valence-corrected chi connectivity index (χ0v) is 46.6. The summed E-state index contributed by atoms with van der Waals surface area (Å²) in [5, 5.41) is 163. The van der Waals surface area contributed by atoms with E-state index in [0.29, 0.717) is 32.1 Å². The van der Waals surface area contributed by atoms with Crippen molar-refractivity contribution in [1.29, 1.82) is 0 Å². The first-order valence-corrected chi connectivity index (χ1v) is 28.4. The van der Waals surface area contributed by atoms with Crippen LogP contribution in [0.2, 0.25) is 0 Å². The molecule has 452 valence electrons. The van der Waals surface area contributed by atoms with E-state index in [1.165, 1.54) is 5.57 Å². The summed E-state index contributed by atoms with van der Waals surface area (Å²) >= 11 is 0. The smallest absolute Gasteiger partial charge is 0.187 e. The molecule has 4 aliphatic heterocycles. The van der Waals surface area contributed by atoms with Gasteiger partial charge in [-0.2, -0.15) is 0 Å². The van der Waals surface area contributed by atoms with E-state index in [2.05, 4.69) is 47.6 Å². The van der Waals surface area contributed by atoms with Gasteiger partial charge in [0.15, 0.2) is 25.2 Å². The minimum atomic E-state index is -1.97. The van der Waals surface area contributed by atoms with Gasteiger partial charge in [-0.05, 0) is 106 Å². The Morgan fingerprint density at radius 2 is 1.09 bits per heavy atom. The van der Waals surface area contributed by atoms with Crippen LogP contribution in [0.1, 0.15) is 120 Å². The Kier molecular flexibility index (Phi) is 19.1. The fourth-order valence-corrected chi connectivity index (χ4v) is 15.9. The fraction of sp³-hybridized carbons (Fsp3) is 0.964. The maximum Gasteiger partial charge on any atom is 0.187 e. The molecule has 23 heteroatoms. The van der Waals surface area contributed by atoms with Crippen molar-refractivity contribution < 1.29 is 114 Å². The van der Waals surface area contributed by atoms with Gasteiger partial charge in [0.25, 0.3) is 0 Å². The molecule has 3 saturated carbocycles. The molecular formula is C55H94O23. The number of hydrogen-bond acceptors (Lipinski definition) is 23. The summed E-state index contributed by atoms with van der Waals surface area (Å²) in [5.74, 6) is 0.402. The van der Waals surface area contributed by atoms with Gasteiger partial charge >= 0.3 is 0 Å². The van der Waals surface area contributed by atoms with Crippen molar-refractivity contribution in [3.8, 4) is 0 Å². The second-order valence-corrected chi connectivity index (χ2v) is 26.1. The molecule has 0 bridgehead atoms. The Bertz CT molecular complexity index is 2020. The van der Waals surface area contributed by atoms with Crippen molar-refractivity contribution >= 4 is 0 Å². The van der Waals surface area contributed by atoms with Crippen LogP contribution in [0.4, 0.5) is 0 Å². The SMILES string of the molecule is CC[C@H]1O[C@@H](O[C@H](CC[C@@H](C)C2CC[C@@]3(C)C4CC=C5C(CC[C@H](O[C@@H]6O[C@H](CO)[C@@H](O)[C@H](O)[C@H]6O)C5(C)C)[C@]4(C)[C@H](O)C[C@]23C)C(C)(C)O)[C@H](O[C@@H]2O[C@H](CO)[C@@H](O[C@@H]3O[C@H](CO)[C@@H](O)[C@H](O)[C@H]3O)[C@H](O)[C@H]2O)[C@@H](O)[C@@H]1O. The highest BCUT2D eigenvalue weighted by Crippen LogP contribution is 2.75. The predicted molar refractivity (Wildman–Crippen MR) is 271 cm³/mol. The van der Waals surface area contributed by atoms with Gasteiger partial charge in [-0.3, -0.25) is 0 Å². The van der Waals surface area contributed by atoms with Gasteiger partial charge in [0.1, 0.15) is 91.6 Å². The molecule has 3 unspecified atom stereocenters. The first-order chi connectivity index (χ1) is 36.5. The molecule has 4 aliphatic carbocycles. The summed E-state index contributed by atoms with van der Waals surface area (Å²) in [6.45, 7) is 16.1. The van der Waals surface area contributed by atoms with Crippen LogP contribution >= 0.6 is 0 Å². The molecule has 7 fully saturated rings. The van der Waals surface area contributed by atoms with E-state index in [9.17, 15) is 76.6 Å². The van der Waals surface area contributed by atoms with Gasteiger partial charge in [-0.25, -0.2) is 0 Å². The summed E-state index contributed by atoms with van der Waals surface area (Å²) in [7, 11) is 0. The minimum Gasteiger partial charge on any atom is -0.394 e. The number of hydrogen-bond donors (Lipinski definition) is 15. The summed E-state index contributed by atoms with van der Waals surface area (Å²) in [4.78, 5) is 0. The maximum absolute atomic E-state index is 12.7. The van der Waals surface area contributed by atoms with Crippen molar-refractivity contribution in [2.24, 2.45) is 45.3 Å². The first-order valence-electron chi connectivity index (χ1n) is 28.4. The zero-order chi connectivity index (χ0) is 57.5. The summed E-state index contributed by atoms with van der Waals surface area (Å²) in [6, 6.07) is 0.